The smallest absolute Gasteiger partial charge is 0.375 e. The van der Waals surface area contributed by atoms with Gasteiger partial charge in [-0.05, 0) is 44.7 Å². The Morgan fingerprint density at radius 3 is 2.55 bits per heavy atom. The Labute approximate surface area is 176 Å². The maximum Gasteiger partial charge on any atom is 0.375 e. The number of aliphatic hydroxyl groups is 1. The number of cyclic esters (lactones) is 1. The Morgan fingerprint density at radius 2 is 1.93 bits per heavy atom. The van der Waals surface area contributed by atoms with Crippen molar-refractivity contribution in [2.75, 3.05) is 6.61 Å². The van der Waals surface area contributed by atoms with Gasteiger partial charge in [0, 0.05) is 23.8 Å². The van der Waals surface area contributed by atoms with Gasteiger partial charge in [-0.2, -0.15) is 12.6 Å². The highest BCUT2D eigenvalue weighted by molar-refractivity contribution is 8.03. The predicted octanol–water partition coefficient (Wildman–Crippen LogP) is 2.27. The lowest BCUT2D eigenvalue weighted by Gasteiger charge is -2.31. The minimum Gasteiger partial charge on any atom is -0.501 e. The van der Waals surface area contributed by atoms with Crippen molar-refractivity contribution in [1.82, 2.24) is 19.9 Å². The lowest BCUT2D eigenvalue weighted by atomic mass is 9.98. The Kier molecular flexibility index (Phi) is 6.08. The standard InChI is InChI=1S/C18H18N4O5S2/c1-4-26-16(25)18(12(28)14-19-7-5-9(2)21-14)13(11(23)15(24)27-18)29-17-20-8-6-10(3)22-17/h5-8,12,23,28H,4H2,1-3H3. The van der Waals surface area contributed by atoms with Gasteiger partial charge >= 0.3 is 11.9 Å². The summed E-state index contributed by atoms with van der Waals surface area (Å²) in [4.78, 5) is 42.0. The van der Waals surface area contributed by atoms with Crippen LogP contribution in [0.25, 0.3) is 0 Å². The molecule has 11 heteroatoms. The average Bonchev–Trinajstić information content (AvgIpc) is 2.93. The van der Waals surface area contributed by atoms with Crippen LogP contribution in [-0.4, -0.2) is 49.2 Å². The third-order valence-corrected chi connectivity index (χ3v) is 5.66. The van der Waals surface area contributed by atoms with E-state index in [-0.39, 0.29) is 22.5 Å². The number of rotatable bonds is 6. The molecule has 152 valence electrons. The topological polar surface area (TPSA) is 124 Å². The van der Waals surface area contributed by atoms with Crippen molar-refractivity contribution < 1.29 is 24.2 Å². The summed E-state index contributed by atoms with van der Waals surface area (Å²) in [6, 6.07) is 3.36. The molecule has 2 aromatic rings. The van der Waals surface area contributed by atoms with Crippen LogP contribution in [0.15, 0.2) is 40.3 Å². The van der Waals surface area contributed by atoms with Crippen molar-refractivity contribution in [2.24, 2.45) is 0 Å². The summed E-state index contributed by atoms with van der Waals surface area (Å²) in [5.74, 6) is -2.59. The molecule has 0 fully saturated rings. The summed E-state index contributed by atoms with van der Waals surface area (Å²) in [5.41, 5.74) is -0.799. The van der Waals surface area contributed by atoms with Crippen molar-refractivity contribution >= 4 is 36.3 Å². The second kappa shape index (κ2) is 8.37. The molecule has 0 spiro atoms. The quantitative estimate of drug-likeness (QED) is 0.397. The van der Waals surface area contributed by atoms with Crippen molar-refractivity contribution in [3.05, 3.63) is 52.4 Å². The molecule has 2 unspecified atom stereocenters. The third-order valence-electron chi connectivity index (χ3n) is 3.99. The van der Waals surface area contributed by atoms with Crippen molar-refractivity contribution in [3.8, 4) is 0 Å². The number of aryl methyl sites for hydroxylation is 2. The summed E-state index contributed by atoms with van der Waals surface area (Å²) in [5, 5.41) is 9.50. The van der Waals surface area contributed by atoms with E-state index in [0.29, 0.717) is 11.4 Å². The Balaban J connectivity index is 2.15. The minimum atomic E-state index is -2.09. The molecular weight excluding hydrogens is 416 g/mol. The van der Waals surface area contributed by atoms with Gasteiger partial charge in [0.1, 0.15) is 11.1 Å². The number of thioether (sulfide) groups is 1. The van der Waals surface area contributed by atoms with Crippen LogP contribution >= 0.6 is 24.4 Å². The first-order valence-corrected chi connectivity index (χ1v) is 9.92. The maximum absolute atomic E-state index is 13.0. The normalized spacial score (nSPS) is 19.8. The molecular formula is C18H18N4O5S2. The van der Waals surface area contributed by atoms with Crippen molar-refractivity contribution in [2.45, 2.75) is 36.8 Å². The summed E-state index contributed by atoms with van der Waals surface area (Å²) in [6.45, 7) is 5.13. The summed E-state index contributed by atoms with van der Waals surface area (Å²) in [7, 11) is 0. The van der Waals surface area contributed by atoms with Gasteiger partial charge in [0.2, 0.25) is 5.76 Å². The van der Waals surface area contributed by atoms with E-state index in [2.05, 4.69) is 32.6 Å². The minimum absolute atomic E-state index is 0.0208. The first kappa shape index (κ1) is 21.1. The second-order valence-electron chi connectivity index (χ2n) is 6.06. The fraction of sp³-hybridized carbons (Fsp3) is 0.333. The molecule has 3 rings (SSSR count). The molecule has 9 nitrogen and oxygen atoms in total. The van der Waals surface area contributed by atoms with Gasteiger partial charge < -0.3 is 14.6 Å². The van der Waals surface area contributed by atoms with Gasteiger partial charge in [-0.1, -0.05) is 0 Å². The molecule has 1 aliphatic heterocycles. The molecule has 0 bridgehead atoms. The number of thiol groups is 1. The van der Waals surface area contributed by atoms with Crippen LogP contribution in [-0.2, 0) is 19.1 Å². The zero-order valence-electron chi connectivity index (χ0n) is 15.8. The van der Waals surface area contributed by atoms with E-state index in [1.165, 1.54) is 12.4 Å². The van der Waals surface area contributed by atoms with Crippen LogP contribution in [0, 0.1) is 13.8 Å². The molecule has 0 saturated heterocycles. The van der Waals surface area contributed by atoms with Gasteiger partial charge in [0.05, 0.1) is 11.5 Å². The molecule has 2 atom stereocenters. The second-order valence-corrected chi connectivity index (χ2v) is 7.56. The number of hydrogen-bond donors (Lipinski definition) is 2. The maximum atomic E-state index is 13.0. The van der Waals surface area contributed by atoms with Crippen LogP contribution in [0.2, 0.25) is 0 Å². The lowest BCUT2D eigenvalue weighted by Crippen LogP contribution is -2.46. The zero-order chi connectivity index (χ0) is 21.2. The summed E-state index contributed by atoms with van der Waals surface area (Å²) >= 11 is 5.33. The third kappa shape index (κ3) is 3.92. The number of carbonyl (C=O) groups is 2. The van der Waals surface area contributed by atoms with Crippen LogP contribution < -0.4 is 0 Å². The van der Waals surface area contributed by atoms with E-state index in [1.54, 1.807) is 32.9 Å². The number of aromatic nitrogens is 4. The molecule has 3 heterocycles. The number of aliphatic hydroxyl groups excluding tert-OH is 1. The monoisotopic (exact) mass is 434 g/mol. The Hall–Kier alpha value is -2.66. The Bertz CT molecular complexity index is 1000. The Morgan fingerprint density at radius 1 is 1.28 bits per heavy atom. The van der Waals surface area contributed by atoms with Crippen molar-refractivity contribution in [3.63, 3.8) is 0 Å². The zero-order valence-corrected chi connectivity index (χ0v) is 17.5. The molecule has 1 aliphatic rings. The number of nitrogens with zero attached hydrogens (tertiary/aromatic N) is 4. The van der Waals surface area contributed by atoms with E-state index >= 15 is 0 Å². The highest BCUT2D eigenvalue weighted by Crippen LogP contribution is 2.50. The SMILES string of the molecule is CCOC(=O)C1(C(S)c2nccc(C)n2)OC(=O)C(O)=C1Sc1nccc(C)n1. The average molecular weight is 434 g/mol. The molecule has 0 amide bonds. The van der Waals surface area contributed by atoms with Crippen LogP contribution in [0.3, 0.4) is 0 Å². The van der Waals surface area contributed by atoms with Crippen LogP contribution in [0.4, 0.5) is 0 Å². The fourth-order valence-corrected chi connectivity index (χ4v) is 4.21. The summed E-state index contributed by atoms with van der Waals surface area (Å²) < 4.78 is 10.5. The highest BCUT2D eigenvalue weighted by Gasteiger charge is 2.61. The molecule has 0 aliphatic carbocycles. The van der Waals surface area contributed by atoms with Gasteiger partial charge in [0.15, 0.2) is 5.16 Å². The van der Waals surface area contributed by atoms with E-state index in [1.807, 2.05) is 0 Å². The van der Waals surface area contributed by atoms with E-state index in [0.717, 1.165) is 11.8 Å². The predicted molar refractivity (Wildman–Crippen MR) is 106 cm³/mol. The molecule has 1 N–H and O–H groups in total. The lowest BCUT2D eigenvalue weighted by molar-refractivity contribution is -0.172. The fourth-order valence-electron chi connectivity index (χ4n) is 2.65. The molecule has 2 aromatic heterocycles. The van der Waals surface area contributed by atoms with E-state index < -0.39 is 28.5 Å². The number of hydrogen-bond acceptors (Lipinski definition) is 11. The molecule has 0 radical (unpaired) electrons. The number of carbonyl (C=O) groups excluding carboxylic acids is 2. The van der Waals surface area contributed by atoms with Crippen LogP contribution in [0.1, 0.15) is 29.4 Å². The summed E-state index contributed by atoms with van der Waals surface area (Å²) in [6.07, 6.45) is 3.02. The molecule has 29 heavy (non-hydrogen) atoms. The first-order chi connectivity index (χ1) is 13.8. The van der Waals surface area contributed by atoms with Crippen LogP contribution in [0.5, 0.6) is 0 Å². The largest absolute Gasteiger partial charge is 0.501 e. The van der Waals surface area contributed by atoms with Crippen molar-refractivity contribution in [1.29, 1.82) is 0 Å². The first-order valence-electron chi connectivity index (χ1n) is 8.59. The molecule has 0 aromatic carbocycles. The highest BCUT2D eigenvalue weighted by atomic mass is 32.2. The van der Waals surface area contributed by atoms with E-state index in [4.69, 9.17) is 9.47 Å². The number of esters is 2. The van der Waals surface area contributed by atoms with Gasteiger partial charge in [-0.15, -0.1) is 0 Å². The van der Waals surface area contributed by atoms with Gasteiger partial charge in [0.25, 0.3) is 5.60 Å². The molecule has 0 saturated carbocycles. The number of ether oxygens (including phenoxy) is 2. The van der Waals surface area contributed by atoms with Gasteiger partial charge in [-0.3, -0.25) is 0 Å². The van der Waals surface area contributed by atoms with E-state index in [9.17, 15) is 14.7 Å². The van der Waals surface area contributed by atoms with Gasteiger partial charge in [-0.25, -0.2) is 29.5 Å².